The van der Waals surface area contributed by atoms with Crippen molar-refractivity contribution in [1.29, 1.82) is 0 Å². The molecule has 0 aliphatic heterocycles. The molecule has 0 atom stereocenters. The van der Waals surface area contributed by atoms with Crippen LogP contribution in [0.2, 0.25) is 0 Å². The summed E-state index contributed by atoms with van der Waals surface area (Å²) in [5.41, 5.74) is 0. The van der Waals surface area contributed by atoms with E-state index >= 15 is 0 Å². The highest BCUT2D eigenvalue weighted by atomic mass is 17.1. The molecule has 0 bridgehead atoms. The van der Waals surface area contributed by atoms with E-state index in [4.69, 9.17) is 14.7 Å². The molecule has 0 saturated carbocycles. The van der Waals surface area contributed by atoms with Crippen molar-refractivity contribution >= 4 is 0 Å². The highest BCUT2D eigenvalue weighted by molar-refractivity contribution is 4.48. The normalized spacial score (nSPS) is 12.0. The van der Waals surface area contributed by atoms with E-state index in [1.165, 1.54) is 0 Å². The number of ether oxygens (including phenoxy) is 2. The predicted octanol–water partition coefficient (Wildman–Crippen LogP) is 0.875. The summed E-state index contributed by atoms with van der Waals surface area (Å²) in [6.45, 7) is 4.13. The fourth-order valence-electron chi connectivity index (χ4n) is 0.397. The van der Waals surface area contributed by atoms with Gasteiger partial charge in [-0.1, -0.05) is 0 Å². The Bertz CT molecular complexity index is 81.8. The van der Waals surface area contributed by atoms with Gasteiger partial charge in [0, 0.05) is 7.11 Å². The van der Waals surface area contributed by atoms with Crippen LogP contribution in [0.15, 0.2) is 0 Å². The first-order chi connectivity index (χ1) is 4.62. The molecule has 62 valence electrons. The highest BCUT2D eigenvalue weighted by Crippen LogP contribution is 2.07. The lowest BCUT2D eigenvalue weighted by molar-refractivity contribution is -0.391. The third-order valence-electron chi connectivity index (χ3n) is 0.957. The average molecular weight is 150 g/mol. The third kappa shape index (κ3) is 4.69. The van der Waals surface area contributed by atoms with Crippen molar-refractivity contribution in [1.82, 2.24) is 0 Å². The lowest BCUT2D eigenvalue weighted by Gasteiger charge is -2.20. The second kappa shape index (κ2) is 4.62. The van der Waals surface area contributed by atoms with Crippen LogP contribution in [0.3, 0.4) is 0 Å². The molecule has 0 aliphatic rings. The Balaban J connectivity index is 3.28. The summed E-state index contributed by atoms with van der Waals surface area (Å²) in [5, 5.41) is 8.23. The van der Waals surface area contributed by atoms with Crippen LogP contribution >= 0.6 is 0 Å². The van der Waals surface area contributed by atoms with E-state index in [1.807, 2.05) is 0 Å². The van der Waals surface area contributed by atoms with Gasteiger partial charge in [0.1, 0.15) is 0 Å². The standard InChI is InChI=1S/C6H14O4/c1-6(2,10-7)9-5-4-8-3/h7H,4-5H2,1-3H3. The van der Waals surface area contributed by atoms with Crippen molar-refractivity contribution in [2.24, 2.45) is 0 Å². The zero-order valence-corrected chi connectivity index (χ0v) is 6.59. The summed E-state index contributed by atoms with van der Waals surface area (Å²) in [6.07, 6.45) is 0. The lowest BCUT2D eigenvalue weighted by atomic mass is 10.4. The van der Waals surface area contributed by atoms with Gasteiger partial charge in [-0.05, 0) is 13.8 Å². The maximum atomic E-state index is 8.23. The monoisotopic (exact) mass is 150 g/mol. The Morgan fingerprint density at radius 3 is 2.30 bits per heavy atom. The molecule has 10 heavy (non-hydrogen) atoms. The summed E-state index contributed by atoms with van der Waals surface area (Å²) in [6, 6.07) is 0. The van der Waals surface area contributed by atoms with Crippen molar-refractivity contribution in [2.75, 3.05) is 20.3 Å². The topological polar surface area (TPSA) is 47.9 Å². The molecule has 0 heterocycles. The SMILES string of the molecule is COCCOC(C)(C)OO. The van der Waals surface area contributed by atoms with Gasteiger partial charge in [-0.2, -0.15) is 0 Å². The van der Waals surface area contributed by atoms with Gasteiger partial charge in [0.05, 0.1) is 13.2 Å². The molecule has 0 fully saturated rings. The van der Waals surface area contributed by atoms with Crippen LogP contribution in [0.5, 0.6) is 0 Å². The predicted molar refractivity (Wildman–Crippen MR) is 35.6 cm³/mol. The first kappa shape index (κ1) is 9.84. The van der Waals surface area contributed by atoms with Crippen molar-refractivity contribution in [2.45, 2.75) is 19.6 Å². The fourth-order valence-corrected chi connectivity index (χ4v) is 0.397. The second-order valence-corrected chi connectivity index (χ2v) is 2.33. The molecule has 0 spiro atoms. The van der Waals surface area contributed by atoms with Crippen molar-refractivity contribution < 1.29 is 19.6 Å². The Hall–Kier alpha value is -0.160. The Kier molecular flexibility index (Phi) is 4.55. The molecule has 0 radical (unpaired) electrons. The Labute approximate surface area is 60.6 Å². The molecule has 4 nitrogen and oxygen atoms in total. The van der Waals surface area contributed by atoms with Gasteiger partial charge in [-0.15, -0.1) is 0 Å². The van der Waals surface area contributed by atoms with E-state index < -0.39 is 5.79 Å². The van der Waals surface area contributed by atoms with Crippen LogP contribution in [-0.4, -0.2) is 31.4 Å². The minimum absolute atomic E-state index is 0.407. The van der Waals surface area contributed by atoms with Crippen molar-refractivity contribution in [3.63, 3.8) is 0 Å². The van der Waals surface area contributed by atoms with E-state index in [1.54, 1.807) is 21.0 Å². The Morgan fingerprint density at radius 1 is 1.30 bits per heavy atom. The molecule has 1 N–H and O–H groups in total. The van der Waals surface area contributed by atoms with Crippen LogP contribution in [0.4, 0.5) is 0 Å². The minimum atomic E-state index is -0.932. The molecule has 0 aliphatic carbocycles. The van der Waals surface area contributed by atoms with Gasteiger partial charge in [-0.3, -0.25) is 0 Å². The number of hydrogen-bond donors (Lipinski definition) is 1. The van der Waals surface area contributed by atoms with E-state index in [2.05, 4.69) is 4.89 Å². The summed E-state index contributed by atoms with van der Waals surface area (Å²) in [4.78, 5) is 4.01. The Morgan fingerprint density at radius 2 is 1.90 bits per heavy atom. The maximum absolute atomic E-state index is 8.23. The lowest BCUT2D eigenvalue weighted by Crippen LogP contribution is -2.28. The first-order valence-corrected chi connectivity index (χ1v) is 3.08. The molecule has 4 heteroatoms. The van der Waals surface area contributed by atoms with Crippen molar-refractivity contribution in [3.8, 4) is 0 Å². The molecular formula is C6H14O4. The largest absolute Gasteiger partial charge is 0.382 e. The summed E-state index contributed by atoms with van der Waals surface area (Å²) >= 11 is 0. The van der Waals surface area contributed by atoms with Gasteiger partial charge < -0.3 is 9.47 Å². The van der Waals surface area contributed by atoms with Gasteiger partial charge in [0.2, 0.25) is 0 Å². The number of methoxy groups -OCH3 is 1. The third-order valence-corrected chi connectivity index (χ3v) is 0.957. The summed E-state index contributed by atoms with van der Waals surface area (Å²) in [5.74, 6) is -0.932. The van der Waals surface area contributed by atoms with E-state index in [0.29, 0.717) is 13.2 Å². The van der Waals surface area contributed by atoms with E-state index in [0.717, 1.165) is 0 Å². The van der Waals surface area contributed by atoms with Gasteiger partial charge >= 0.3 is 0 Å². The molecule has 0 aromatic carbocycles. The average Bonchev–Trinajstić information content (AvgIpc) is 1.89. The van der Waals surface area contributed by atoms with Crippen LogP contribution in [-0.2, 0) is 14.4 Å². The van der Waals surface area contributed by atoms with Crippen LogP contribution in [0.25, 0.3) is 0 Å². The van der Waals surface area contributed by atoms with Gasteiger partial charge in [0.25, 0.3) is 0 Å². The van der Waals surface area contributed by atoms with Crippen LogP contribution < -0.4 is 0 Å². The molecule has 0 aromatic heterocycles. The molecular weight excluding hydrogens is 136 g/mol. The highest BCUT2D eigenvalue weighted by Gasteiger charge is 2.17. The molecule has 0 saturated heterocycles. The number of rotatable bonds is 5. The second-order valence-electron chi connectivity index (χ2n) is 2.33. The zero-order chi connectivity index (χ0) is 8.04. The first-order valence-electron chi connectivity index (χ1n) is 3.08. The number of hydrogen-bond acceptors (Lipinski definition) is 4. The van der Waals surface area contributed by atoms with E-state index in [-0.39, 0.29) is 0 Å². The molecule has 0 unspecified atom stereocenters. The van der Waals surface area contributed by atoms with Crippen molar-refractivity contribution in [3.05, 3.63) is 0 Å². The quantitative estimate of drug-likeness (QED) is 0.273. The zero-order valence-electron chi connectivity index (χ0n) is 6.59. The van der Waals surface area contributed by atoms with Crippen LogP contribution in [0.1, 0.15) is 13.8 Å². The smallest absolute Gasteiger partial charge is 0.195 e. The summed E-state index contributed by atoms with van der Waals surface area (Å²) < 4.78 is 9.74. The van der Waals surface area contributed by atoms with Gasteiger partial charge in [0.15, 0.2) is 5.79 Å². The molecule has 0 rings (SSSR count). The minimum Gasteiger partial charge on any atom is -0.382 e. The summed E-state index contributed by atoms with van der Waals surface area (Å²) in [7, 11) is 1.58. The molecule has 0 aromatic rings. The van der Waals surface area contributed by atoms with Crippen LogP contribution in [0, 0.1) is 0 Å². The maximum Gasteiger partial charge on any atom is 0.195 e. The van der Waals surface area contributed by atoms with Gasteiger partial charge in [-0.25, -0.2) is 10.1 Å². The van der Waals surface area contributed by atoms with E-state index in [9.17, 15) is 0 Å². The fraction of sp³-hybridized carbons (Fsp3) is 1.00. The molecule has 0 amide bonds.